The van der Waals surface area contributed by atoms with Crippen molar-refractivity contribution in [2.45, 2.75) is 63.4 Å². The predicted octanol–water partition coefficient (Wildman–Crippen LogP) is 4.44. The number of hydrogen-bond donors (Lipinski definition) is 0. The molecule has 24 heavy (non-hydrogen) atoms. The third-order valence-corrected chi connectivity index (χ3v) is 6.66. The zero-order valence-electron chi connectivity index (χ0n) is 13.5. The van der Waals surface area contributed by atoms with Crippen molar-refractivity contribution in [3.8, 4) is 0 Å². The SMILES string of the molecule is C[C@@H]1CCC2C(CBr)=C(C(F)(F)F)O[C@H]3O[C@@]4(C)CCC1[C@@]23OO4. The summed E-state index contributed by atoms with van der Waals surface area (Å²) in [7, 11) is 0. The maximum absolute atomic E-state index is 13.5. The Balaban J connectivity index is 1.88. The number of ether oxygens (including phenoxy) is 2. The summed E-state index contributed by atoms with van der Waals surface area (Å²) in [5.74, 6) is -2.09. The van der Waals surface area contributed by atoms with Gasteiger partial charge in [0.25, 0.3) is 0 Å². The second-order valence-electron chi connectivity index (χ2n) is 7.46. The highest BCUT2D eigenvalue weighted by molar-refractivity contribution is 9.09. The molecule has 4 aliphatic heterocycles. The monoisotopic (exact) mass is 412 g/mol. The van der Waals surface area contributed by atoms with Crippen molar-refractivity contribution in [3.05, 3.63) is 11.3 Å². The molecule has 136 valence electrons. The lowest BCUT2D eigenvalue weighted by Gasteiger charge is -2.57. The lowest BCUT2D eigenvalue weighted by atomic mass is 9.59. The van der Waals surface area contributed by atoms with Crippen LogP contribution in [0, 0.1) is 17.8 Å². The van der Waals surface area contributed by atoms with Crippen molar-refractivity contribution in [2.24, 2.45) is 17.8 Å². The average Bonchev–Trinajstić information content (AvgIpc) is 2.74. The largest absolute Gasteiger partial charge is 0.456 e. The minimum atomic E-state index is -4.56. The molecule has 4 heterocycles. The van der Waals surface area contributed by atoms with Crippen LogP contribution in [0.5, 0.6) is 0 Å². The van der Waals surface area contributed by atoms with Gasteiger partial charge >= 0.3 is 6.18 Å². The van der Waals surface area contributed by atoms with Gasteiger partial charge in [-0.1, -0.05) is 22.9 Å². The van der Waals surface area contributed by atoms with Gasteiger partial charge in [-0.25, -0.2) is 9.78 Å². The molecule has 5 rings (SSSR count). The van der Waals surface area contributed by atoms with Gasteiger partial charge in [-0.05, 0) is 37.7 Å². The lowest BCUT2D eigenvalue weighted by molar-refractivity contribution is -0.557. The van der Waals surface area contributed by atoms with Crippen LogP contribution in [0.2, 0.25) is 0 Å². The molecule has 1 aliphatic carbocycles. The molecule has 5 aliphatic rings. The van der Waals surface area contributed by atoms with E-state index in [2.05, 4.69) is 22.9 Å². The Morgan fingerprint density at radius 2 is 1.96 bits per heavy atom. The highest BCUT2D eigenvalue weighted by atomic mass is 79.9. The van der Waals surface area contributed by atoms with E-state index >= 15 is 0 Å². The van der Waals surface area contributed by atoms with E-state index < -0.39 is 35.5 Å². The van der Waals surface area contributed by atoms with Crippen molar-refractivity contribution >= 4 is 15.9 Å². The molecule has 8 heteroatoms. The van der Waals surface area contributed by atoms with Crippen LogP contribution in [-0.4, -0.2) is 29.2 Å². The first-order valence-corrected chi connectivity index (χ1v) is 9.41. The van der Waals surface area contributed by atoms with Gasteiger partial charge in [-0.15, -0.1) is 0 Å². The topological polar surface area (TPSA) is 36.9 Å². The first-order valence-electron chi connectivity index (χ1n) is 8.29. The van der Waals surface area contributed by atoms with Crippen LogP contribution >= 0.6 is 15.9 Å². The van der Waals surface area contributed by atoms with Crippen molar-refractivity contribution in [3.63, 3.8) is 0 Å². The van der Waals surface area contributed by atoms with E-state index in [4.69, 9.17) is 19.2 Å². The zero-order valence-corrected chi connectivity index (χ0v) is 15.1. The smallest absolute Gasteiger partial charge is 0.449 e. The maximum Gasteiger partial charge on any atom is 0.449 e. The summed E-state index contributed by atoms with van der Waals surface area (Å²) in [6.07, 6.45) is -2.85. The van der Waals surface area contributed by atoms with E-state index in [1.165, 1.54) is 0 Å². The summed E-state index contributed by atoms with van der Waals surface area (Å²) >= 11 is 3.22. The van der Waals surface area contributed by atoms with Gasteiger partial charge < -0.3 is 9.47 Å². The molecule has 0 N–H and O–H groups in total. The quantitative estimate of drug-likeness (QED) is 0.471. The molecule has 1 spiro atoms. The summed E-state index contributed by atoms with van der Waals surface area (Å²) in [6, 6.07) is 0. The molecule has 0 radical (unpaired) electrons. The van der Waals surface area contributed by atoms with Crippen LogP contribution in [0.4, 0.5) is 13.2 Å². The summed E-state index contributed by atoms with van der Waals surface area (Å²) in [4.78, 5) is 11.4. The normalized spacial score (nSPS) is 47.9. The Kier molecular flexibility index (Phi) is 3.81. The maximum atomic E-state index is 13.5. The van der Waals surface area contributed by atoms with Crippen molar-refractivity contribution in [1.82, 2.24) is 0 Å². The van der Waals surface area contributed by atoms with Gasteiger partial charge in [0, 0.05) is 23.6 Å². The van der Waals surface area contributed by atoms with E-state index in [0.717, 1.165) is 12.8 Å². The molecule has 2 bridgehead atoms. The first-order chi connectivity index (χ1) is 11.2. The second-order valence-corrected chi connectivity index (χ2v) is 8.02. The minimum Gasteiger partial charge on any atom is -0.456 e. The number of allylic oxidation sites excluding steroid dienone is 1. The molecule has 1 saturated carbocycles. The van der Waals surface area contributed by atoms with E-state index in [1.54, 1.807) is 6.92 Å². The fourth-order valence-electron chi connectivity index (χ4n) is 4.89. The number of halogens is 4. The van der Waals surface area contributed by atoms with Crippen LogP contribution in [0.15, 0.2) is 11.3 Å². The number of alkyl halides is 4. The third kappa shape index (κ3) is 2.22. The molecule has 4 nitrogen and oxygen atoms in total. The fraction of sp³-hybridized carbons (Fsp3) is 0.875. The molecule has 2 unspecified atom stereocenters. The highest BCUT2D eigenvalue weighted by Crippen LogP contribution is 2.61. The Bertz CT molecular complexity index is 580. The van der Waals surface area contributed by atoms with Gasteiger partial charge in [0.05, 0.1) is 0 Å². The van der Waals surface area contributed by atoms with E-state index in [-0.39, 0.29) is 16.8 Å². The molecule has 6 atom stereocenters. The summed E-state index contributed by atoms with van der Waals surface area (Å²) in [6.45, 7) is 3.81. The zero-order chi connectivity index (χ0) is 17.3. The number of hydrogen-bond acceptors (Lipinski definition) is 4. The van der Waals surface area contributed by atoms with Crippen molar-refractivity contribution in [1.29, 1.82) is 0 Å². The number of rotatable bonds is 1. The number of fused-ring (bicyclic) bond motifs is 2. The standard InChI is InChI=1S/C16H20BrF3O4/c1-8-3-4-11-9(7-17)12(16(18,19)20)21-13-15(11)10(8)5-6-14(2,22-13)23-24-15/h8,10-11,13H,3-7H2,1-2H3/t8-,10?,11?,13+,14-,15-/m1/s1. The summed E-state index contributed by atoms with van der Waals surface area (Å²) in [5.41, 5.74) is -0.806. The summed E-state index contributed by atoms with van der Waals surface area (Å²) < 4.78 is 51.9. The Hall–Kier alpha value is -0.310. The Morgan fingerprint density at radius 1 is 1.21 bits per heavy atom. The lowest BCUT2D eigenvalue weighted by Crippen LogP contribution is -2.67. The minimum absolute atomic E-state index is 0.0365. The van der Waals surface area contributed by atoms with Gasteiger partial charge in [-0.3, -0.25) is 0 Å². The van der Waals surface area contributed by atoms with Crippen LogP contribution < -0.4 is 0 Å². The van der Waals surface area contributed by atoms with E-state index in [0.29, 0.717) is 18.8 Å². The van der Waals surface area contributed by atoms with Gasteiger partial charge in [0.1, 0.15) is 0 Å². The van der Waals surface area contributed by atoms with Gasteiger partial charge in [0.15, 0.2) is 5.60 Å². The molecule has 0 aromatic heterocycles. The average molecular weight is 413 g/mol. The molecule has 0 aromatic rings. The fourth-order valence-corrected chi connectivity index (χ4v) is 5.54. The molecule has 0 aromatic carbocycles. The third-order valence-electron chi connectivity index (χ3n) is 6.06. The molecule has 4 fully saturated rings. The second kappa shape index (κ2) is 5.34. The van der Waals surface area contributed by atoms with Crippen LogP contribution in [0.1, 0.15) is 39.5 Å². The van der Waals surface area contributed by atoms with E-state index in [9.17, 15) is 13.2 Å². The molecule has 0 amide bonds. The Labute approximate surface area is 146 Å². The van der Waals surface area contributed by atoms with Crippen molar-refractivity contribution < 1.29 is 32.4 Å². The van der Waals surface area contributed by atoms with Gasteiger partial charge in [-0.2, -0.15) is 13.2 Å². The molecule has 3 saturated heterocycles. The van der Waals surface area contributed by atoms with Crippen molar-refractivity contribution in [2.75, 3.05) is 5.33 Å². The van der Waals surface area contributed by atoms with Crippen LogP contribution in [0.3, 0.4) is 0 Å². The highest BCUT2D eigenvalue weighted by Gasteiger charge is 2.69. The molecular formula is C16H20BrF3O4. The van der Waals surface area contributed by atoms with Gasteiger partial charge in [0.2, 0.25) is 17.8 Å². The predicted molar refractivity (Wildman–Crippen MR) is 80.8 cm³/mol. The van der Waals surface area contributed by atoms with Crippen LogP contribution in [0.25, 0.3) is 0 Å². The van der Waals surface area contributed by atoms with E-state index in [1.807, 2.05) is 0 Å². The first kappa shape index (κ1) is 17.1. The Morgan fingerprint density at radius 3 is 2.62 bits per heavy atom. The molecular weight excluding hydrogens is 393 g/mol. The van der Waals surface area contributed by atoms with Crippen LogP contribution in [-0.2, 0) is 19.2 Å². The summed E-state index contributed by atoms with van der Waals surface area (Å²) in [5, 5.41) is 0.0860.